The third-order valence-electron chi connectivity index (χ3n) is 5.46. The van der Waals surface area contributed by atoms with E-state index in [1.807, 2.05) is 6.07 Å². The third-order valence-corrected chi connectivity index (χ3v) is 7.37. The van der Waals surface area contributed by atoms with Crippen LogP contribution in [0.15, 0.2) is 59.5 Å². The number of sulfonamides is 1. The van der Waals surface area contributed by atoms with Crippen molar-refractivity contribution in [3.8, 4) is 0 Å². The Morgan fingerprint density at radius 1 is 1.07 bits per heavy atom. The highest BCUT2D eigenvalue weighted by Gasteiger charge is 2.32. The molecule has 0 unspecified atom stereocenters. The van der Waals surface area contributed by atoms with Crippen molar-refractivity contribution in [3.05, 3.63) is 70.3 Å². The molecule has 2 aromatic rings. The molecule has 8 heteroatoms. The number of nitro benzene ring substituents is 1. The average Bonchev–Trinajstić information content (AvgIpc) is 2.73. The largest absolute Gasteiger partial charge is 0.331 e. The summed E-state index contributed by atoms with van der Waals surface area (Å²) in [5, 5.41) is 10.8. The van der Waals surface area contributed by atoms with Crippen LogP contribution in [0.3, 0.4) is 0 Å². The quantitative estimate of drug-likeness (QED) is 0.560. The van der Waals surface area contributed by atoms with E-state index >= 15 is 0 Å². The minimum absolute atomic E-state index is 0.110. The lowest BCUT2D eigenvalue weighted by Crippen LogP contribution is -3.18. The van der Waals surface area contributed by atoms with Gasteiger partial charge in [-0.05, 0) is 31.0 Å². The van der Waals surface area contributed by atoms with Gasteiger partial charge in [-0.15, -0.1) is 0 Å². The first-order valence-electron chi connectivity index (χ1n) is 9.51. The third kappa shape index (κ3) is 4.76. The van der Waals surface area contributed by atoms with Gasteiger partial charge in [0.1, 0.15) is 0 Å². The number of quaternary nitrogens is 1. The molecule has 1 saturated heterocycles. The van der Waals surface area contributed by atoms with Crippen LogP contribution in [0.4, 0.5) is 5.69 Å². The molecule has 0 radical (unpaired) electrons. The molecule has 150 valence electrons. The van der Waals surface area contributed by atoms with E-state index in [-0.39, 0.29) is 10.6 Å². The van der Waals surface area contributed by atoms with Crippen molar-refractivity contribution in [2.45, 2.75) is 30.7 Å². The van der Waals surface area contributed by atoms with Crippen LogP contribution in [0.1, 0.15) is 18.9 Å². The summed E-state index contributed by atoms with van der Waals surface area (Å²) >= 11 is 0. The maximum Gasteiger partial charge on any atom is 0.269 e. The van der Waals surface area contributed by atoms with Crippen LogP contribution in [0.25, 0.3) is 0 Å². The second-order valence-corrected chi connectivity index (χ2v) is 9.18. The number of nitrogens with zero attached hydrogens (tertiary/aromatic N) is 2. The summed E-state index contributed by atoms with van der Waals surface area (Å²) in [6.45, 7) is 4.68. The first-order chi connectivity index (χ1) is 13.4. The molecule has 0 aromatic heterocycles. The first-order valence-corrected chi connectivity index (χ1v) is 10.9. The number of hydrogen-bond donors (Lipinski definition) is 1. The van der Waals surface area contributed by atoms with Gasteiger partial charge in [-0.2, -0.15) is 4.31 Å². The van der Waals surface area contributed by atoms with Gasteiger partial charge in [-0.3, -0.25) is 10.1 Å². The van der Waals surface area contributed by atoms with E-state index in [1.165, 1.54) is 39.0 Å². The molecule has 1 heterocycles. The van der Waals surface area contributed by atoms with Crippen molar-refractivity contribution in [1.29, 1.82) is 0 Å². The SMILES string of the molecule is C[C@@H](CCc1ccccc1)[NH+]1CCN(S(=O)(=O)c2ccc([N+](=O)[O-])cc2)CC1. The molecular weight excluding hydrogens is 378 g/mol. The molecule has 3 rings (SSSR count). The lowest BCUT2D eigenvalue weighted by Gasteiger charge is -2.34. The van der Waals surface area contributed by atoms with Crippen LogP contribution >= 0.6 is 0 Å². The van der Waals surface area contributed by atoms with E-state index < -0.39 is 14.9 Å². The molecular formula is C20H26N3O4S+. The van der Waals surface area contributed by atoms with Gasteiger partial charge in [0.05, 0.1) is 42.0 Å². The molecule has 0 bridgehead atoms. The van der Waals surface area contributed by atoms with E-state index in [2.05, 4.69) is 31.2 Å². The predicted molar refractivity (Wildman–Crippen MR) is 107 cm³/mol. The van der Waals surface area contributed by atoms with Crippen LogP contribution in [-0.4, -0.2) is 49.9 Å². The van der Waals surface area contributed by atoms with E-state index in [0.29, 0.717) is 19.1 Å². The van der Waals surface area contributed by atoms with E-state index in [1.54, 1.807) is 0 Å². The zero-order valence-corrected chi connectivity index (χ0v) is 16.8. The number of benzene rings is 2. The molecule has 2 aromatic carbocycles. The van der Waals surface area contributed by atoms with Gasteiger partial charge in [0, 0.05) is 18.6 Å². The zero-order chi connectivity index (χ0) is 20.1. The van der Waals surface area contributed by atoms with Crippen molar-refractivity contribution >= 4 is 15.7 Å². The molecule has 1 fully saturated rings. The number of nitro groups is 1. The lowest BCUT2D eigenvalue weighted by atomic mass is 10.0. The lowest BCUT2D eigenvalue weighted by molar-refractivity contribution is -0.927. The fourth-order valence-corrected chi connectivity index (χ4v) is 5.07. The second-order valence-electron chi connectivity index (χ2n) is 7.24. The monoisotopic (exact) mass is 404 g/mol. The van der Waals surface area contributed by atoms with E-state index in [0.717, 1.165) is 25.9 Å². The fourth-order valence-electron chi connectivity index (χ4n) is 3.63. The van der Waals surface area contributed by atoms with Crippen LogP contribution < -0.4 is 4.90 Å². The van der Waals surface area contributed by atoms with Gasteiger partial charge in [0.15, 0.2) is 0 Å². The molecule has 0 aliphatic carbocycles. The minimum Gasteiger partial charge on any atom is -0.331 e. The Morgan fingerprint density at radius 2 is 1.68 bits per heavy atom. The summed E-state index contributed by atoms with van der Waals surface area (Å²) < 4.78 is 27.1. The van der Waals surface area contributed by atoms with E-state index in [9.17, 15) is 18.5 Å². The smallest absolute Gasteiger partial charge is 0.269 e. The number of rotatable bonds is 7. The van der Waals surface area contributed by atoms with Gasteiger partial charge in [0.25, 0.3) is 5.69 Å². The fraction of sp³-hybridized carbons (Fsp3) is 0.400. The zero-order valence-electron chi connectivity index (χ0n) is 16.0. The molecule has 1 atom stereocenters. The Morgan fingerprint density at radius 3 is 2.25 bits per heavy atom. The minimum atomic E-state index is -3.61. The molecule has 0 spiro atoms. The molecule has 28 heavy (non-hydrogen) atoms. The van der Waals surface area contributed by atoms with Crippen molar-refractivity contribution in [2.75, 3.05) is 26.2 Å². The summed E-state index contributed by atoms with van der Waals surface area (Å²) in [5.41, 5.74) is 1.22. The Kier molecular flexibility index (Phi) is 6.43. The molecule has 7 nitrogen and oxygen atoms in total. The van der Waals surface area contributed by atoms with Crippen molar-refractivity contribution in [1.82, 2.24) is 4.31 Å². The van der Waals surface area contributed by atoms with Crippen LogP contribution in [0, 0.1) is 10.1 Å². The number of hydrogen-bond acceptors (Lipinski definition) is 4. The van der Waals surface area contributed by atoms with Crippen molar-refractivity contribution in [3.63, 3.8) is 0 Å². The van der Waals surface area contributed by atoms with E-state index in [4.69, 9.17) is 0 Å². The number of piperazine rings is 1. The maximum atomic E-state index is 12.8. The molecule has 0 amide bonds. The van der Waals surface area contributed by atoms with Gasteiger partial charge >= 0.3 is 0 Å². The maximum absolute atomic E-state index is 12.8. The Labute approximate surface area is 165 Å². The summed E-state index contributed by atoms with van der Waals surface area (Å²) in [5.74, 6) is 0. The Balaban J connectivity index is 1.55. The normalized spacial score (nSPS) is 17.3. The number of aryl methyl sites for hydroxylation is 1. The number of non-ortho nitro benzene ring substituents is 1. The standard InChI is InChI=1S/C20H25N3O4S/c1-17(7-8-18-5-3-2-4-6-18)21-13-15-22(16-14-21)28(26,27)20-11-9-19(10-12-20)23(24)25/h2-6,9-12,17H,7-8,13-16H2,1H3/p+1/t17-/m0/s1. The van der Waals surface area contributed by atoms with Gasteiger partial charge in [-0.1, -0.05) is 30.3 Å². The van der Waals surface area contributed by atoms with Crippen molar-refractivity contribution in [2.24, 2.45) is 0 Å². The molecule has 0 saturated carbocycles. The Bertz CT molecular complexity index is 893. The van der Waals surface area contributed by atoms with Gasteiger partial charge in [0.2, 0.25) is 10.0 Å². The highest BCUT2D eigenvalue weighted by Crippen LogP contribution is 2.19. The second kappa shape index (κ2) is 8.81. The number of nitrogens with one attached hydrogen (secondary N) is 1. The van der Waals surface area contributed by atoms with Gasteiger partial charge in [-0.25, -0.2) is 8.42 Å². The average molecular weight is 405 g/mol. The van der Waals surface area contributed by atoms with Crippen LogP contribution in [0.5, 0.6) is 0 Å². The van der Waals surface area contributed by atoms with Crippen molar-refractivity contribution < 1.29 is 18.2 Å². The van der Waals surface area contributed by atoms with Gasteiger partial charge < -0.3 is 4.90 Å². The predicted octanol–water partition coefficient (Wildman–Crippen LogP) is 1.51. The molecule has 1 aliphatic heterocycles. The summed E-state index contributed by atoms with van der Waals surface area (Å²) in [7, 11) is -3.61. The highest BCUT2D eigenvalue weighted by molar-refractivity contribution is 7.89. The molecule has 1 aliphatic rings. The highest BCUT2D eigenvalue weighted by atomic mass is 32.2. The van der Waals surface area contributed by atoms with Crippen LogP contribution in [-0.2, 0) is 16.4 Å². The summed E-state index contributed by atoms with van der Waals surface area (Å²) in [6.07, 6.45) is 2.09. The topological polar surface area (TPSA) is 85.0 Å². The Hall–Kier alpha value is -2.29. The molecule has 1 N–H and O–H groups in total. The summed E-state index contributed by atoms with van der Waals surface area (Å²) in [4.78, 5) is 11.8. The summed E-state index contributed by atoms with van der Waals surface area (Å²) in [6, 6.07) is 16.0. The first kappa shape index (κ1) is 20.4. The van der Waals surface area contributed by atoms with Crippen LogP contribution in [0.2, 0.25) is 0 Å².